The van der Waals surface area contributed by atoms with Gasteiger partial charge in [0.25, 0.3) is 5.91 Å². The third-order valence-electron chi connectivity index (χ3n) is 3.04. The molecule has 4 nitrogen and oxygen atoms in total. The summed E-state index contributed by atoms with van der Waals surface area (Å²) < 4.78 is 0. The molecule has 0 radical (unpaired) electrons. The molecule has 1 aromatic heterocycles. The van der Waals surface area contributed by atoms with Gasteiger partial charge in [-0.25, -0.2) is 4.98 Å². The fraction of sp³-hybridized carbons (Fsp3) is 0.0667. The summed E-state index contributed by atoms with van der Waals surface area (Å²) in [4.78, 5) is 19.3. The van der Waals surface area contributed by atoms with Gasteiger partial charge in [0.05, 0.1) is 11.0 Å². The number of fused-ring (bicyclic) bond motifs is 1. The van der Waals surface area contributed by atoms with Crippen LogP contribution in [0.3, 0.4) is 0 Å². The van der Waals surface area contributed by atoms with E-state index in [1.807, 2.05) is 36.4 Å². The summed E-state index contributed by atoms with van der Waals surface area (Å²) >= 11 is 0. The molecular formula is C15H13N3O. The molecular weight excluding hydrogens is 238 g/mol. The first-order chi connectivity index (χ1) is 9.28. The summed E-state index contributed by atoms with van der Waals surface area (Å²) in [5.41, 5.74) is 3.55. The molecule has 1 amide bonds. The zero-order valence-corrected chi connectivity index (χ0v) is 10.5. The summed E-state index contributed by atoms with van der Waals surface area (Å²) in [6, 6.07) is 15.3. The zero-order chi connectivity index (χ0) is 13.2. The van der Waals surface area contributed by atoms with E-state index in [9.17, 15) is 4.79 Å². The Kier molecular flexibility index (Phi) is 2.76. The summed E-state index contributed by atoms with van der Waals surface area (Å²) in [7, 11) is 1.62. The number of rotatable bonds is 2. The third-order valence-corrected chi connectivity index (χ3v) is 3.04. The van der Waals surface area contributed by atoms with Crippen molar-refractivity contribution in [1.82, 2.24) is 15.3 Å². The van der Waals surface area contributed by atoms with Gasteiger partial charge in [-0.1, -0.05) is 24.3 Å². The van der Waals surface area contributed by atoms with E-state index in [1.54, 1.807) is 19.2 Å². The fourth-order valence-corrected chi connectivity index (χ4v) is 2.01. The molecule has 0 aliphatic rings. The number of benzene rings is 2. The van der Waals surface area contributed by atoms with E-state index in [0.29, 0.717) is 5.56 Å². The molecule has 0 saturated heterocycles. The molecule has 0 spiro atoms. The summed E-state index contributed by atoms with van der Waals surface area (Å²) in [6.07, 6.45) is 0. The van der Waals surface area contributed by atoms with Gasteiger partial charge in [0.1, 0.15) is 5.82 Å². The molecule has 94 valence electrons. The smallest absolute Gasteiger partial charge is 0.251 e. The first-order valence-corrected chi connectivity index (χ1v) is 6.05. The Labute approximate surface area is 110 Å². The van der Waals surface area contributed by atoms with E-state index in [0.717, 1.165) is 22.4 Å². The number of nitrogens with one attached hydrogen (secondary N) is 2. The van der Waals surface area contributed by atoms with Crippen molar-refractivity contribution >= 4 is 16.9 Å². The highest BCUT2D eigenvalue weighted by molar-refractivity contribution is 5.94. The van der Waals surface area contributed by atoms with Gasteiger partial charge in [-0.2, -0.15) is 0 Å². The van der Waals surface area contributed by atoms with E-state index in [2.05, 4.69) is 15.3 Å². The lowest BCUT2D eigenvalue weighted by Gasteiger charge is -2.00. The summed E-state index contributed by atoms with van der Waals surface area (Å²) in [6.45, 7) is 0. The molecule has 0 unspecified atom stereocenters. The van der Waals surface area contributed by atoms with Gasteiger partial charge >= 0.3 is 0 Å². The molecule has 0 aliphatic heterocycles. The van der Waals surface area contributed by atoms with Crippen LogP contribution in [0.2, 0.25) is 0 Å². The van der Waals surface area contributed by atoms with Gasteiger partial charge < -0.3 is 10.3 Å². The number of hydrogen-bond donors (Lipinski definition) is 2. The van der Waals surface area contributed by atoms with Gasteiger partial charge in [0.15, 0.2) is 0 Å². The number of para-hydroxylation sites is 2. The third kappa shape index (κ3) is 2.08. The molecule has 2 aromatic carbocycles. The first-order valence-electron chi connectivity index (χ1n) is 6.05. The van der Waals surface area contributed by atoms with Gasteiger partial charge in [0, 0.05) is 18.2 Å². The van der Waals surface area contributed by atoms with E-state index < -0.39 is 0 Å². The molecule has 0 saturated carbocycles. The topological polar surface area (TPSA) is 57.8 Å². The van der Waals surface area contributed by atoms with Crippen molar-refractivity contribution in [3.63, 3.8) is 0 Å². The monoisotopic (exact) mass is 251 g/mol. The van der Waals surface area contributed by atoms with E-state index in [-0.39, 0.29) is 5.91 Å². The van der Waals surface area contributed by atoms with Gasteiger partial charge in [-0.3, -0.25) is 4.79 Å². The molecule has 3 aromatic rings. The quantitative estimate of drug-likeness (QED) is 0.735. The van der Waals surface area contributed by atoms with Crippen molar-refractivity contribution in [3.8, 4) is 11.4 Å². The number of aromatic nitrogens is 2. The van der Waals surface area contributed by atoms with Crippen LogP contribution < -0.4 is 5.32 Å². The number of H-pyrrole nitrogens is 1. The highest BCUT2D eigenvalue weighted by Gasteiger charge is 2.06. The molecule has 4 heteroatoms. The van der Waals surface area contributed by atoms with Crippen molar-refractivity contribution in [2.45, 2.75) is 0 Å². The second-order valence-electron chi connectivity index (χ2n) is 4.26. The molecule has 0 atom stereocenters. The lowest BCUT2D eigenvalue weighted by molar-refractivity contribution is 0.0963. The molecule has 0 aliphatic carbocycles. The molecule has 1 heterocycles. The van der Waals surface area contributed by atoms with Gasteiger partial charge in [-0.15, -0.1) is 0 Å². The van der Waals surface area contributed by atoms with Gasteiger partial charge in [-0.05, 0) is 24.3 Å². The number of nitrogens with zero attached hydrogens (tertiary/aromatic N) is 1. The van der Waals surface area contributed by atoms with Crippen LogP contribution in [0.4, 0.5) is 0 Å². The van der Waals surface area contributed by atoms with Crippen LogP contribution in [0.15, 0.2) is 48.5 Å². The van der Waals surface area contributed by atoms with Crippen LogP contribution in [0.5, 0.6) is 0 Å². The van der Waals surface area contributed by atoms with Crippen molar-refractivity contribution in [2.75, 3.05) is 7.05 Å². The van der Waals surface area contributed by atoms with Crippen LogP contribution in [0, 0.1) is 0 Å². The predicted molar refractivity (Wildman–Crippen MR) is 74.9 cm³/mol. The fourth-order valence-electron chi connectivity index (χ4n) is 2.01. The number of carbonyl (C=O) groups is 1. The van der Waals surface area contributed by atoms with Crippen LogP contribution in [-0.4, -0.2) is 22.9 Å². The first kappa shape index (κ1) is 11.5. The number of aromatic amines is 1. The van der Waals surface area contributed by atoms with Crippen molar-refractivity contribution in [3.05, 3.63) is 54.1 Å². The average Bonchev–Trinajstić information content (AvgIpc) is 2.90. The van der Waals surface area contributed by atoms with Crippen LogP contribution in [-0.2, 0) is 0 Å². The molecule has 3 rings (SSSR count). The lowest BCUT2D eigenvalue weighted by atomic mass is 10.1. The minimum Gasteiger partial charge on any atom is -0.355 e. The maximum Gasteiger partial charge on any atom is 0.251 e. The Morgan fingerprint density at radius 2 is 1.84 bits per heavy atom. The average molecular weight is 251 g/mol. The van der Waals surface area contributed by atoms with Crippen molar-refractivity contribution < 1.29 is 4.79 Å². The van der Waals surface area contributed by atoms with Crippen LogP contribution >= 0.6 is 0 Å². The maximum absolute atomic E-state index is 11.5. The lowest BCUT2D eigenvalue weighted by Crippen LogP contribution is -2.17. The normalized spacial score (nSPS) is 10.6. The minimum absolute atomic E-state index is 0.0869. The second-order valence-corrected chi connectivity index (χ2v) is 4.26. The molecule has 19 heavy (non-hydrogen) atoms. The SMILES string of the molecule is CNC(=O)c1ccc(-c2nc3ccccc3[nH]2)cc1. The molecule has 0 bridgehead atoms. The molecule has 2 N–H and O–H groups in total. The van der Waals surface area contributed by atoms with Crippen molar-refractivity contribution in [1.29, 1.82) is 0 Å². The van der Waals surface area contributed by atoms with E-state index in [4.69, 9.17) is 0 Å². The number of imidazole rings is 1. The Morgan fingerprint density at radius 1 is 1.11 bits per heavy atom. The molecule has 0 fully saturated rings. The maximum atomic E-state index is 11.5. The number of carbonyl (C=O) groups excluding carboxylic acids is 1. The standard InChI is InChI=1S/C15H13N3O/c1-16-15(19)11-8-6-10(7-9-11)14-17-12-4-2-3-5-13(12)18-14/h2-9H,1H3,(H,16,19)(H,17,18). The van der Waals surface area contributed by atoms with E-state index in [1.165, 1.54) is 0 Å². The van der Waals surface area contributed by atoms with E-state index >= 15 is 0 Å². The summed E-state index contributed by atoms with van der Waals surface area (Å²) in [5.74, 6) is 0.723. The zero-order valence-electron chi connectivity index (χ0n) is 10.5. The Balaban J connectivity index is 1.99. The highest BCUT2D eigenvalue weighted by atomic mass is 16.1. The number of hydrogen-bond acceptors (Lipinski definition) is 2. The summed E-state index contributed by atoms with van der Waals surface area (Å²) in [5, 5.41) is 2.60. The minimum atomic E-state index is -0.0869. The van der Waals surface area contributed by atoms with Crippen molar-refractivity contribution in [2.24, 2.45) is 0 Å². The Bertz CT molecular complexity index is 695. The van der Waals surface area contributed by atoms with Gasteiger partial charge in [0.2, 0.25) is 0 Å². The second kappa shape index (κ2) is 4.57. The highest BCUT2D eigenvalue weighted by Crippen LogP contribution is 2.20. The van der Waals surface area contributed by atoms with Crippen LogP contribution in [0.1, 0.15) is 10.4 Å². The Morgan fingerprint density at radius 3 is 2.53 bits per heavy atom. The predicted octanol–water partition coefficient (Wildman–Crippen LogP) is 2.59. The number of amides is 1. The largest absolute Gasteiger partial charge is 0.355 e. The van der Waals surface area contributed by atoms with Crippen LogP contribution in [0.25, 0.3) is 22.4 Å². The Hall–Kier alpha value is -2.62.